The molecule has 0 atom stereocenters. The van der Waals surface area contributed by atoms with Crippen LogP contribution in [0.25, 0.3) is 10.9 Å². The van der Waals surface area contributed by atoms with Gasteiger partial charge < -0.3 is 10.3 Å². The maximum absolute atomic E-state index is 12.4. The van der Waals surface area contributed by atoms with Crippen LogP contribution in [0.2, 0.25) is 0 Å². The lowest BCUT2D eigenvalue weighted by molar-refractivity contribution is 0.688. The van der Waals surface area contributed by atoms with Gasteiger partial charge >= 0.3 is 0 Å². The molecule has 2 heterocycles. The lowest BCUT2D eigenvalue weighted by Gasteiger charge is -2.06. The van der Waals surface area contributed by atoms with Gasteiger partial charge in [0.2, 0.25) is 0 Å². The van der Waals surface area contributed by atoms with Crippen LogP contribution in [-0.2, 0) is 13.1 Å². The highest BCUT2D eigenvalue weighted by Gasteiger charge is 2.04. The van der Waals surface area contributed by atoms with Gasteiger partial charge in [-0.05, 0) is 36.8 Å². The van der Waals surface area contributed by atoms with Crippen molar-refractivity contribution in [2.24, 2.45) is 0 Å². The van der Waals surface area contributed by atoms with Crippen LogP contribution in [0.5, 0.6) is 0 Å². The first-order chi connectivity index (χ1) is 10.2. The zero-order chi connectivity index (χ0) is 14.7. The Bertz CT molecular complexity index is 823. The minimum Gasteiger partial charge on any atom is -0.361 e. The monoisotopic (exact) mass is 279 g/mol. The van der Waals surface area contributed by atoms with E-state index in [0.717, 1.165) is 28.7 Å². The summed E-state index contributed by atoms with van der Waals surface area (Å²) in [6.45, 7) is 3.23. The van der Waals surface area contributed by atoms with Crippen molar-refractivity contribution in [3.05, 3.63) is 75.8 Å². The van der Waals surface area contributed by atoms with Crippen LogP contribution in [0, 0.1) is 6.92 Å². The first kappa shape index (κ1) is 13.5. The predicted octanol–water partition coefficient (Wildman–Crippen LogP) is 2.52. The number of aromatic amines is 1. The maximum Gasteiger partial charge on any atom is 0.193 e. The van der Waals surface area contributed by atoms with Crippen molar-refractivity contribution in [1.29, 1.82) is 0 Å². The van der Waals surface area contributed by atoms with Gasteiger partial charge in [0.15, 0.2) is 5.43 Å². The molecule has 21 heavy (non-hydrogen) atoms. The third-order valence-electron chi connectivity index (χ3n) is 3.47. The molecule has 0 fully saturated rings. The Labute approximate surface area is 122 Å². The number of hydrogen-bond acceptors (Lipinski definition) is 3. The van der Waals surface area contributed by atoms with Crippen LogP contribution in [0.15, 0.2) is 53.6 Å². The minimum atomic E-state index is 0.0859. The van der Waals surface area contributed by atoms with E-state index in [4.69, 9.17) is 0 Å². The van der Waals surface area contributed by atoms with Gasteiger partial charge in [-0.1, -0.05) is 12.1 Å². The Hall–Kier alpha value is -2.46. The third kappa shape index (κ3) is 3.01. The van der Waals surface area contributed by atoms with Crippen LogP contribution in [0.3, 0.4) is 0 Å². The molecule has 4 nitrogen and oxygen atoms in total. The van der Waals surface area contributed by atoms with Crippen LogP contribution >= 0.6 is 0 Å². The zero-order valence-corrected chi connectivity index (χ0v) is 11.9. The van der Waals surface area contributed by atoms with Crippen molar-refractivity contribution in [1.82, 2.24) is 15.3 Å². The van der Waals surface area contributed by atoms with E-state index in [9.17, 15) is 4.79 Å². The number of H-pyrrole nitrogens is 1. The second-order valence-electron chi connectivity index (χ2n) is 5.10. The topological polar surface area (TPSA) is 57.8 Å². The Morgan fingerprint density at radius 2 is 2.05 bits per heavy atom. The average molecular weight is 279 g/mol. The van der Waals surface area contributed by atoms with Gasteiger partial charge in [0.25, 0.3) is 0 Å². The largest absolute Gasteiger partial charge is 0.361 e. The zero-order valence-electron chi connectivity index (χ0n) is 11.9. The lowest BCUT2D eigenvalue weighted by Crippen LogP contribution is -2.19. The molecule has 3 rings (SSSR count). The molecule has 0 aliphatic rings. The lowest BCUT2D eigenvalue weighted by atomic mass is 10.1. The second kappa shape index (κ2) is 5.89. The molecule has 0 aliphatic heterocycles. The molecule has 2 aromatic heterocycles. The van der Waals surface area contributed by atoms with Gasteiger partial charge in [-0.15, -0.1) is 0 Å². The van der Waals surface area contributed by atoms with Crippen LogP contribution in [0.4, 0.5) is 0 Å². The van der Waals surface area contributed by atoms with E-state index < -0.39 is 0 Å². The highest BCUT2D eigenvalue weighted by Crippen LogP contribution is 2.07. The van der Waals surface area contributed by atoms with E-state index in [1.807, 2.05) is 43.3 Å². The molecule has 4 heteroatoms. The van der Waals surface area contributed by atoms with Crippen molar-refractivity contribution in [2.75, 3.05) is 0 Å². The van der Waals surface area contributed by atoms with Gasteiger partial charge in [-0.2, -0.15) is 0 Å². The molecule has 0 saturated heterocycles. The number of hydrogen-bond donors (Lipinski definition) is 2. The van der Waals surface area contributed by atoms with Crippen molar-refractivity contribution >= 4 is 10.9 Å². The Balaban J connectivity index is 1.74. The number of para-hydroxylation sites is 1. The van der Waals surface area contributed by atoms with Crippen molar-refractivity contribution < 1.29 is 0 Å². The molecule has 0 radical (unpaired) electrons. The number of pyridine rings is 2. The average Bonchev–Trinajstić information content (AvgIpc) is 2.50. The number of nitrogens with one attached hydrogen (secondary N) is 2. The fraction of sp³-hybridized carbons (Fsp3) is 0.176. The van der Waals surface area contributed by atoms with Gasteiger partial charge in [-0.3, -0.25) is 9.78 Å². The molecule has 0 unspecified atom stereocenters. The molecule has 2 N–H and O–H groups in total. The smallest absolute Gasteiger partial charge is 0.193 e. The van der Waals surface area contributed by atoms with E-state index in [1.54, 1.807) is 12.4 Å². The van der Waals surface area contributed by atoms with E-state index in [0.29, 0.717) is 6.54 Å². The minimum absolute atomic E-state index is 0.0859. The predicted molar refractivity (Wildman–Crippen MR) is 84.1 cm³/mol. The van der Waals surface area contributed by atoms with Crippen molar-refractivity contribution in [2.45, 2.75) is 20.0 Å². The highest BCUT2D eigenvalue weighted by molar-refractivity contribution is 5.78. The van der Waals surface area contributed by atoms with Crippen LogP contribution in [0.1, 0.15) is 16.8 Å². The van der Waals surface area contributed by atoms with E-state index in [2.05, 4.69) is 15.3 Å². The number of rotatable bonds is 4. The SMILES string of the molecule is Cc1cc(CNCc2c[nH]c3ccccc3c2=O)ccn1. The van der Waals surface area contributed by atoms with Gasteiger partial charge in [-0.25, -0.2) is 0 Å². The molecule has 0 spiro atoms. The summed E-state index contributed by atoms with van der Waals surface area (Å²) in [6, 6.07) is 11.6. The molecular weight excluding hydrogens is 262 g/mol. The van der Waals surface area contributed by atoms with Crippen LogP contribution < -0.4 is 10.7 Å². The first-order valence-corrected chi connectivity index (χ1v) is 6.95. The summed E-state index contributed by atoms with van der Waals surface area (Å²) in [4.78, 5) is 19.7. The maximum atomic E-state index is 12.4. The number of nitrogens with zero attached hydrogens (tertiary/aromatic N) is 1. The summed E-state index contributed by atoms with van der Waals surface area (Å²) in [7, 11) is 0. The summed E-state index contributed by atoms with van der Waals surface area (Å²) < 4.78 is 0. The number of aryl methyl sites for hydroxylation is 1. The molecular formula is C17H17N3O. The summed E-state index contributed by atoms with van der Waals surface area (Å²) in [5.41, 5.74) is 3.87. The van der Waals surface area contributed by atoms with E-state index in [1.165, 1.54) is 5.56 Å². The standard InChI is InChI=1S/C17H17N3O/c1-12-8-13(6-7-19-12)9-18-10-14-11-20-16-5-3-2-4-15(16)17(14)21/h2-8,11,18H,9-10H2,1H3,(H,20,21). The van der Waals surface area contributed by atoms with E-state index in [-0.39, 0.29) is 5.43 Å². The van der Waals surface area contributed by atoms with Gasteiger partial charge in [0.1, 0.15) is 0 Å². The van der Waals surface area contributed by atoms with Crippen molar-refractivity contribution in [3.63, 3.8) is 0 Å². The summed E-state index contributed by atoms with van der Waals surface area (Å²) in [6.07, 6.45) is 3.59. The molecule has 0 aliphatic carbocycles. The molecule has 1 aromatic carbocycles. The quantitative estimate of drug-likeness (QED) is 0.771. The number of benzene rings is 1. The molecule has 0 amide bonds. The summed E-state index contributed by atoms with van der Waals surface area (Å²) in [5.74, 6) is 0. The first-order valence-electron chi connectivity index (χ1n) is 6.95. The Morgan fingerprint density at radius 1 is 1.19 bits per heavy atom. The third-order valence-corrected chi connectivity index (χ3v) is 3.47. The summed E-state index contributed by atoms with van der Waals surface area (Å²) >= 11 is 0. The fourth-order valence-corrected chi connectivity index (χ4v) is 2.40. The molecule has 0 saturated carbocycles. The molecule has 0 bridgehead atoms. The van der Waals surface area contributed by atoms with Gasteiger partial charge in [0.05, 0.1) is 0 Å². The molecule has 106 valence electrons. The number of fused-ring (bicyclic) bond motifs is 1. The van der Waals surface area contributed by atoms with Gasteiger partial charge in [0, 0.05) is 47.6 Å². The van der Waals surface area contributed by atoms with Crippen molar-refractivity contribution in [3.8, 4) is 0 Å². The fourth-order valence-electron chi connectivity index (χ4n) is 2.40. The summed E-state index contributed by atoms with van der Waals surface area (Å²) in [5, 5.41) is 4.04. The highest BCUT2D eigenvalue weighted by atomic mass is 16.1. The number of aromatic nitrogens is 2. The second-order valence-corrected chi connectivity index (χ2v) is 5.10. The van der Waals surface area contributed by atoms with E-state index >= 15 is 0 Å². The normalized spacial score (nSPS) is 10.9. The molecule has 3 aromatic rings. The van der Waals surface area contributed by atoms with Crippen LogP contribution in [-0.4, -0.2) is 9.97 Å². The Kier molecular flexibility index (Phi) is 3.79. The Morgan fingerprint density at radius 3 is 2.90 bits per heavy atom.